The molecular formula is C10H20N2. The molecule has 2 N–H and O–H groups in total. The molecule has 0 radical (unpaired) electrons. The topological polar surface area (TPSA) is 24.1 Å². The van der Waals surface area contributed by atoms with Gasteiger partial charge in [-0.1, -0.05) is 19.9 Å². The highest BCUT2D eigenvalue weighted by molar-refractivity contribution is 4.86. The van der Waals surface area contributed by atoms with Gasteiger partial charge in [0.05, 0.1) is 0 Å². The van der Waals surface area contributed by atoms with Crippen LogP contribution in [-0.4, -0.2) is 19.1 Å². The van der Waals surface area contributed by atoms with E-state index in [0.29, 0.717) is 12.0 Å². The summed E-state index contributed by atoms with van der Waals surface area (Å²) < 4.78 is 0. The van der Waals surface area contributed by atoms with Gasteiger partial charge in [-0.25, -0.2) is 0 Å². The lowest BCUT2D eigenvalue weighted by Crippen LogP contribution is -2.37. The molecule has 1 aliphatic rings. The summed E-state index contributed by atoms with van der Waals surface area (Å²) in [6.45, 7) is 6.71. The van der Waals surface area contributed by atoms with Crippen molar-refractivity contribution in [2.24, 2.45) is 5.92 Å². The predicted molar refractivity (Wildman–Crippen MR) is 53.0 cm³/mol. The van der Waals surface area contributed by atoms with Crippen LogP contribution in [0.5, 0.6) is 0 Å². The van der Waals surface area contributed by atoms with Crippen molar-refractivity contribution in [1.82, 2.24) is 10.6 Å². The molecule has 1 fully saturated rings. The molecule has 0 aliphatic carbocycles. The van der Waals surface area contributed by atoms with Crippen LogP contribution in [-0.2, 0) is 0 Å². The van der Waals surface area contributed by atoms with Crippen molar-refractivity contribution >= 4 is 0 Å². The Morgan fingerprint density at radius 1 is 1.33 bits per heavy atom. The van der Waals surface area contributed by atoms with E-state index in [9.17, 15) is 0 Å². The highest BCUT2D eigenvalue weighted by Gasteiger charge is 2.09. The fraction of sp³-hybridized carbons (Fsp3) is 0.800. The van der Waals surface area contributed by atoms with Gasteiger partial charge in [-0.15, -0.1) is 0 Å². The van der Waals surface area contributed by atoms with Crippen molar-refractivity contribution in [3.8, 4) is 0 Å². The summed E-state index contributed by atoms with van der Waals surface area (Å²) in [4.78, 5) is 0. The first-order valence-corrected chi connectivity index (χ1v) is 4.92. The molecule has 0 aromatic heterocycles. The molecule has 1 aliphatic heterocycles. The van der Waals surface area contributed by atoms with E-state index in [1.165, 1.54) is 12.8 Å². The van der Waals surface area contributed by atoms with Gasteiger partial charge in [-0.2, -0.15) is 0 Å². The van der Waals surface area contributed by atoms with E-state index >= 15 is 0 Å². The number of hydrogen-bond acceptors (Lipinski definition) is 2. The van der Waals surface area contributed by atoms with Gasteiger partial charge in [0.2, 0.25) is 0 Å². The SMILES string of the molecule is CC(C)C=CNC1CCNCC1. The lowest BCUT2D eigenvalue weighted by Gasteiger charge is -2.22. The van der Waals surface area contributed by atoms with Crippen molar-refractivity contribution < 1.29 is 0 Å². The molecule has 0 amide bonds. The van der Waals surface area contributed by atoms with E-state index in [1.54, 1.807) is 0 Å². The third kappa shape index (κ3) is 3.77. The summed E-state index contributed by atoms with van der Waals surface area (Å²) in [5.41, 5.74) is 0. The molecule has 2 heteroatoms. The van der Waals surface area contributed by atoms with Crippen molar-refractivity contribution in [3.63, 3.8) is 0 Å². The number of rotatable bonds is 3. The van der Waals surface area contributed by atoms with Crippen LogP contribution in [0.25, 0.3) is 0 Å². The van der Waals surface area contributed by atoms with Crippen molar-refractivity contribution in [3.05, 3.63) is 12.3 Å². The zero-order valence-electron chi connectivity index (χ0n) is 8.14. The van der Waals surface area contributed by atoms with Crippen molar-refractivity contribution in [1.29, 1.82) is 0 Å². The van der Waals surface area contributed by atoms with Gasteiger partial charge in [0.1, 0.15) is 0 Å². The molecule has 12 heavy (non-hydrogen) atoms. The number of nitrogens with one attached hydrogen (secondary N) is 2. The minimum atomic E-state index is 0.652. The molecule has 0 aromatic rings. The molecule has 0 saturated carbocycles. The second kappa shape index (κ2) is 5.20. The smallest absolute Gasteiger partial charge is 0.0279 e. The van der Waals surface area contributed by atoms with E-state index in [0.717, 1.165) is 13.1 Å². The molecule has 0 bridgehead atoms. The second-order valence-corrected chi connectivity index (χ2v) is 3.79. The monoisotopic (exact) mass is 168 g/mol. The molecule has 0 unspecified atom stereocenters. The summed E-state index contributed by atoms with van der Waals surface area (Å²) in [6, 6.07) is 0.696. The third-order valence-corrected chi connectivity index (χ3v) is 2.15. The highest BCUT2D eigenvalue weighted by Crippen LogP contribution is 2.02. The molecular weight excluding hydrogens is 148 g/mol. The van der Waals surface area contributed by atoms with E-state index in [-0.39, 0.29) is 0 Å². The molecule has 0 atom stereocenters. The second-order valence-electron chi connectivity index (χ2n) is 3.79. The quantitative estimate of drug-likeness (QED) is 0.667. The molecule has 2 nitrogen and oxygen atoms in total. The summed E-state index contributed by atoms with van der Waals surface area (Å²) >= 11 is 0. The number of allylic oxidation sites excluding steroid dienone is 1. The average molecular weight is 168 g/mol. The van der Waals surface area contributed by atoms with Crippen molar-refractivity contribution in [2.75, 3.05) is 13.1 Å². The van der Waals surface area contributed by atoms with Crippen molar-refractivity contribution in [2.45, 2.75) is 32.7 Å². The van der Waals surface area contributed by atoms with Crippen LogP contribution in [0.1, 0.15) is 26.7 Å². The fourth-order valence-corrected chi connectivity index (χ4v) is 1.37. The van der Waals surface area contributed by atoms with Crippen LogP contribution in [0.4, 0.5) is 0 Å². The number of hydrogen-bond donors (Lipinski definition) is 2. The zero-order chi connectivity index (χ0) is 8.81. The Kier molecular flexibility index (Phi) is 4.15. The summed E-state index contributed by atoms with van der Waals surface area (Å²) in [5, 5.41) is 6.78. The average Bonchev–Trinajstić information content (AvgIpc) is 2.05. The van der Waals surface area contributed by atoms with Gasteiger partial charge in [0, 0.05) is 6.04 Å². The lowest BCUT2D eigenvalue weighted by molar-refractivity contribution is 0.419. The zero-order valence-corrected chi connectivity index (χ0v) is 8.14. The summed E-state index contributed by atoms with van der Waals surface area (Å²) in [5.74, 6) is 0.652. The van der Waals surface area contributed by atoms with Crippen LogP contribution in [0.2, 0.25) is 0 Å². The van der Waals surface area contributed by atoms with Crippen LogP contribution in [0.15, 0.2) is 12.3 Å². The first-order valence-electron chi connectivity index (χ1n) is 4.92. The van der Waals surface area contributed by atoms with E-state index < -0.39 is 0 Å². The van der Waals surface area contributed by atoms with Gasteiger partial charge in [0.25, 0.3) is 0 Å². The van der Waals surface area contributed by atoms with Crippen LogP contribution in [0, 0.1) is 5.92 Å². The van der Waals surface area contributed by atoms with Crippen LogP contribution in [0.3, 0.4) is 0 Å². The van der Waals surface area contributed by atoms with Crippen LogP contribution < -0.4 is 10.6 Å². The Bertz CT molecular complexity index is 135. The first-order chi connectivity index (χ1) is 5.79. The largest absolute Gasteiger partial charge is 0.388 e. The minimum Gasteiger partial charge on any atom is -0.388 e. The molecule has 70 valence electrons. The maximum atomic E-state index is 3.43. The summed E-state index contributed by atoms with van der Waals surface area (Å²) in [6.07, 6.45) is 6.83. The maximum absolute atomic E-state index is 3.43. The third-order valence-electron chi connectivity index (χ3n) is 2.15. The molecule has 1 heterocycles. The Balaban J connectivity index is 2.12. The standard InChI is InChI=1S/C10H20N2/c1-9(2)3-8-12-10-4-6-11-7-5-10/h3,8-12H,4-7H2,1-2H3. The summed E-state index contributed by atoms with van der Waals surface area (Å²) in [7, 11) is 0. The van der Waals surface area contributed by atoms with Gasteiger partial charge in [-0.3, -0.25) is 0 Å². The molecule has 0 aromatic carbocycles. The van der Waals surface area contributed by atoms with E-state index in [2.05, 4.69) is 36.8 Å². The van der Waals surface area contributed by atoms with Crippen LogP contribution >= 0.6 is 0 Å². The Labute approximate surface area is 75.4 Å². The van der Waals surface area contributed by atoms with Gasteiger partial charge in [-0.05, 0) is 38.0 Å². The Morgan fingerprint density at radius 2 is 2.00 bits per heavy atom. The molecule has 1 saturated heterocycles. The normalized spacial score (nSPS) is 20.6. The van der Waals surface area contributed by atoms with Gasteiger partial charge >= 0.3 is 0 Å². The molecule has 0 spiro atoms. The number of piperidine rings is 1. The highest BCUT2D eigenvalue weighted by atomic mass is 14.9. The maximum Gasteiger partial charge on any atom is 0.0279 e. The van der Waals surface area contributed by atoms with Gasteiger partial charge < -0.3 is 10.6 Å². The Morgan fingerprint density at radius 3 is 2.58 bits per heavy atom. The van der Waals surface area contributed by atoms with E-state index in [4.69, 9.17) is 0 Å². The van der Waals surface area contributed by atoms with Gasteiger partial charge in [0.15, 0.2) is 0 Å². The first kappa shape index (κ1) is 9.59. The predicted octanol–water partition coefficient (Wildman–Crippen LogP) is 1.50. The van der Waals surface area contributed by atoms with E-state index in [1.807, 2.05) is 0 Å². The Hall–Kier alpha value is -0.500. The fourth-order valence-electron chi connectivity index (χ4n) is 1.37. The lowest BCUT2D eigenvalue weighted by atomic mass is 10.1. The minimum absolute atomic E-state index is 0.652. The molecule has 1 rings (SSSR count).